The standard InChI is InChI=1S/C16H14ClFN2OS/c1-11(12-2-6-14(18)7-3-12)19-20-16(21)10-22-15-8-4-13(17)5-9-15/h2-9H,10H2,1H3,(H,20,21)/b19-11+. The molecule has 0 spiro atoms. The second kappa shape index (κ2) is 7.96. The van der Waals surface area contributed by atoms with Crippen LogP contribution in [0.2, 0.25) is 5.02 Å². The van der Waals surface area contributed by atoms with Gasteiger partial charge >= 0.3 is 0 Å². The van der Waals surface area contributed by atoms with Gasteiger partial charge in [0.2, 0.25) is 5.91 Å². The lowest BCUT2D eigenvalue weighted by Gasteiger charge is -2.03. The zero-order valence-corrected chi connectivity index (χ0v) is 13.4. The molecule has 0 aliphatic carbocycles. The van der Waals surface area contributed by atoms with Crippen LogP contribution in [0.15, 0.2) is 58.5 Å². The average Bonchev–Trinajstić information content (AvgIpc) is 2.52. The van der Waals surface area contributed by atoms with Gasteiger partial charge in [-0.3, -0.25) is 4.79 Å². The summed E-state index contributed by atoms with van der Waals surface area (Å²) in [5.41, 5.74) is 3.86. The van der Waals surface area contributed by atoms with Crippen LogP contribution >= 0.6 is 23.4 Å². The Labute approximate surface area is 137 Å². The normalized spacial score (nSPS) is 11.3. The third-order valence-electron chi connectivity index (χ3n) is 2.79. The number of thioether (sulfide) groups is 1. The average molecular weight is 337 g/mol. The van der Waals surface area contributed by atoms with Gasteiger partial charge in [-0.05, 0) is 48.9 Å². The Morgan fingerprint density at radius 2 is 1.82 bits per heavy atom. The highest BCUT2D eigenvalue weighted by molar-refractivity contribution is 8.00. The number of hydrogen-bond donors (Lipinski definition) is 1. The molecule has 0 aliphatic rings. The number of rotatable bonds is 5. The van der Waals surface area contributed by atoms with Crippen molar-refractivity contribution in [3.8, 4) is 0 Å². The predicted octanol–water partition coefficient (Wildman–Crippen LogP) is 4.11. The van der Waals surface area contributed by atoms with Crippen molar-refractivity contribution in [3.05, 3.63) is 64.9 Å². The van der Waals surface area contributed by atoms with Crippen molar-refractivity contribution in [1.29, 1.82) is 0 Å². The molecule has 1 amide bonds. The van der Waals surface area contributed by atoms with E-state index in [-0.39, 0.29) is 17.5 Å². The number of amides is 1. The van der Waals surface area contributed by atoms with Crippen LogP contribution in [0.1, 0.15) is 12.5 Å². The van der Waals surface area contributed by atoms with E-state index in [4.69, 9.17) is 11.6 Å². The Kier molecular flexibility index (Phi) is 5.98. The summed E-state index contributed by atoms with van der Waals surface area (Å²) in [6.45, 7) is 1.75. The molecule has 114 valence electrons. The molecule has 6 heteroatoms. The largest absolute Gasteiger partial charge is 0.272 e. The van der Waals surface area contributed by atoms with Crippen LogP contribution in [0, 0.1) is 5.82 Å². The molecule has 0 saturated heterocycles. The van der Waals surface area contributed by atoms with Crippen molar-refractivity contribution in [2.75, 3.05) is 5.75 Å². The molecule has 0 heterocycles. The number of benzene rings is 2. The Bertz CT molecular complexity index is 672. The molecule has 0 bridgehead atoms. The van der Waals surface area contributed by atoms with Crippen molar-refractivity contribution in [2.45, 2.75) is 11.8 Å². The summed E-state index contributed by atoms with van der Waals surface area (Å²) < 4.78 is 12.8. The summed E-state index contributed by atoms with van der Waals surface area (Å²) in [6.07, 6.45) is 0. The number of carbonyl (C=O) groups excluding carboxylic acids is 1. The van der Waals surface area contributed by atoms with E-state index in [1.165, 1.54) is 23.9 Å². The topological polar surface area (TPSA) is 41.5 Å². The van der Waals surface area contributed by atoms with Gasteiger partial charge in [0.25, 0.3) is 0 Å². The minimum atomic E-state index is -0.306. The van der Waals surface area contributed by atoms with Gasteiger partial charge in [0.1, 0.15) is 5.82 Å². The summed E-state index contributed by atoms with van der Waals surface area (Å²) >= 11 is 7.19. The van der Waals surface area contributed by atoms with E-state index in [2.05, 4.69) is 10.5 Å². The summed E-state index contributed by atoms with van der Waals surface area (Å²) in [6, 6.07) is 13.2. The molecule has 3 nitrogen and oxygen atoms in total. The predicted molar refractivity (Wildman–Crippen MR) is 88.9 cm³/mol. The van der Waals surface area contributed by atoms with Crippen LogP contribution in [0.25, 0.3) is 0 Å². The van der Waals surface area contributed by atoms with Gasteiger partial charge in [-0.25, -0.2) is 9.82 Å². The molecule has 2 rings (SSSR count). The van der Waals surface area contributed by atoms with Crippen LogP contribution in [-0.4, -0.2) is 17.4 Å². The van der Waals surface area contributed by atoms with Crippen LogP contribution in [0.4, 0.5) is 4.39 Å². The second-order valence-electron chi connectivity index (χ2n) is 4.48. The van der Waals surface area contributed by atoms with Crippen LogP contribution in [0.3, 0.4) is 0 Å². The first-order valence-corrected chi connectivity index (χ1v) is 7.88. The molecule has 0 aromatic heterocycles. The fraction of sp³-hybridized carbons (Fsp3) is 0.125. The van der Waals surface area contributed by atoms with E-state index < -0.39 is 0 Å². The molecule has 0 unspecified atom stereocenters. The van der Waals surface area contributed by atoms with E-state index in [0.717, 1.165) is 10.5 Å². The molecule has 2 aromatic carbocycles. The summed E-state index contributed by atoms with van der Waals surface area (Å²) in [5, 5.41) is 4.67. The fourth-order valence-corrected chi connectivity index (χ4v) is 2.43. The first kappa shape index (κ1) is 16.5. The Hall–Kier alpha value is -1.85. The zero-order valence-electron chi connectivity index (χ0n) is 11.8. The van der Waals surface area contributed by atoms with Gasteiger partial charge in [-0.2, -0.15) is 5.10 Å². The maximum atomic E-state index is 12.8. The lowest BCUT2D eigenvalue weighted by atomic mass is 10.1. The minimum Gasteiger partial charge on any atom is -0.272 e. The van der Waals surface area contributed by atoms with Gasteiger partial charge in [0.05, 0.1) is 11.5 Å². The number of hydrazone groups is 1. The number of nitrogens with one attached hydrogen (secondary N) is 1. The highest BCUT2D eigenvalue weighted by Gasteiger charge is 2.03. The number of hydrogen-bond acceptors (Lipinski definition) is 3. The van der Waals surface area contributed by atoms with Gasteiger partial charge in [-0.1, -0.05) is 23.7 Å². The van der Waals surface area contributed by atoms with Gasteiger partial charge in [-0.15, -0.1) is 11.8 Å². The highest BCUT2D eigenvalue weighted by atomic mass is 35.5. The van der Waals surface area contributed by atoms with Crippen molar-refractivity contribution >= 4 is 35.0 Å². The van der Waals surface area contributed by atoms with Crippen LogP contribution in [-0.2, 0) is 4.79 Å². The molecule has 0 aliphatic heterocycles. The lowest BCUT2D eigenvalue weighted by Crippen LogP contribution is -2.21. The van der Waals surface area contributed by atoms with Gasteiger partial charge in [0.15, 0.2) is 0 Å². The van der Waals surface area contributed by atoms with Gasteiger partial charge in [0, 0.05) is 9.92 Å². The van der Waals surface area contributed by atoms with Crippen molar-refractivity contribution in [3.63, 3.8) is 0 Å². The lowest BCUT2D eigenvalue weighted by molar-refractivity contribution is -0.118. The fourth-order valence-electron chi connectivity index (χ4n) is 1.61. The van der Waals surface area contributed by atoms with E-state index in [1.807, 2.05) is 12.1 Å². The highest BCUT2D eigenvalue weighted by Crippen LogP contribution is 2.19. The molecule has 2 aromatic rings. The summed E-state index contributed by atoms with van der Waals surface area (Å²) in [5.74, 6) is -0.261. The van der Waals surface area contributed by atoms with Crippen LogP contribution in [0.5, 0.6) is 0 Å². The molecule has 22 heavy (non-hydrogen) atoms. The van der Waals surface area contributed by atoms with Crippen molar-refractivity contribution < 1.29 is 9.18 Å². The SMILES string of the molecule is C/C(=N\NC(=O)CSc1ccc(Cl)cc1)c1ccc(F)cc1. The number of halogens is 2. The quantitative estimate of drug-likeness (QED) is 0.507. The monoisotopic (exact) mass is 336 g/mol. The Balaban J connectivity index is 1.85. The molecule has 1 N–H and O–H groups in total. The number of nitrogens with zero attached hydrogens (tertiary/aromatic N) is 1. The molecule has 0 radical (unpaired) electrons. The Morgan fingerprint density at radius 1 is 1.18 bits per heavy atom. The maximum absolute atomic E-state index is 12.8. The third-order valence-corrected chi connectivity index (χ3v) is 4.06. The van der Waals surface area contributed by atoms with Crippen molar-refractivity contribution in [1.82, 2.24) is 5.43 Å². The first-order valence-electron chi connectivity index (χ1n) is 6.52. The smallest absolute Gasteiger partial charge is 0.250 e. The first-order chi connectivity index (χ1) is 10.5. The van der Waals surface area contributed by atoms with Crippen LogP contribution < -0.4 is 5.43 Å². The molecular weight excluding hydrogens is 323 g/mol. The second-order valence-corrected chi connectivity index (χ2v) is 5.97. The van der Waals surface area contributed by atoms with Gasteiger partial charge < -0.3 is 0 Å². The van der Waals surface area contributed by atoms with Crippen molar-refractivity contribution in [2.24, 2.45) is 5.10 Å². The summed E-state index contributed by atoms with van der Waals surface area (Å²) in [7, 11) is 0. The zero-order chi connectivity index (χ0) is 15.9. The van der Waals surface area contributed by atoms with E-state index in [1.54, 1.807) is 31.2 Å². The molecule has 0 saturated carbocycles. The Morgan fingerprint density at radius 3 is 2.45 bits per heavy atom. The van der Waals surface area contributed by atoms with E-state index in [0.29, 0.717) is 10.7 Å². The molecular formula is C16H14ClFN2OS. The minimum absolute atomic E-state index is 0.207. The summed E-state index contributed by atoms with van der Waals surface area (Å²) in [4.78, 5) is 12.7. The van der Waals surface area contributed by atoms with E-state index in [9.17, 15) is 9.18 Å². The maximum Gasteiger partial charge on any atom is 0.250 e. The van der Waals surface area contributed by atoms with E-state index >= 15 is 0 Å². The molecule has 0 atom stereocenters. The third kappa shape index (κ3) is 5.16. The number of carbonyl (C=O) groups is 1. The molecule has 0 fully saturated rings.